The van der Waals surface area contributed by atoms with Crippen molar-refractivity contribution in [1.29, 1.82) is 0 Å². The van der Waals surface area contributed by atoms with E-state index in [1.807, 2.05) is 0 Å². The van der Waals surface area contributed by atoms with Gasteiger partial charge in [0.05, 0.1) is 13.2 Å². The molecule has 1 N–H and O–H groups in total. The zero-order valence-corrected chi connectivity index (χ0v) is 10.6. The summed E-state index contributed by atoms with van der Waals surface area (Å²) in [5, 5.41) is 0.826. The number of halogens is 1. The minimum atomic E-state index is -0.826. The standard InChI is InChI=1S/C9H17ClN2O4/c1-8(14-3)5-16-6-9(2,15-4)12(8)11-7(10)13/h5-6H2,1-4H3,(H,11,13). The van der Waals surface area contributed by atoms with Gasteiger partial charge in [-0.3, -0.25) is 10.2 Å². The van der Waals surface area contributed by atoms with E-state index < -0.39 is 16.8 Å². The molecule has 1 rings (SSSR count). The van der Waals surface area contributed by atoms with E-state index in [0.29, 0.717) is 13.2 Å². The van der Waals surface area contributed by atoms with Crippen molar-refractivity contribution in [3.05, 3.63) is 0 Å². The first kappa shape index (κ1) is 13.7. The molecule has 0 aromatic carbocycles. The van der Waals surface area contributed by atoms with Crippen LogP contribution in [0.15, 0.2) is 0 Å². The van der Waals surface area contributed by atoms with Crippen molar-refractivity contribution in [1.82, 2.24) is 10.4 Å². The molecule has 1 amide bonds. The van der Waals surface area contributed by atoms with Gasteiger partial charge in [0, 0.05) is 14.2 Å². The number of morpholine rings is 1. The lowest BCUT2D eigenvalue weighted by atomic mass is 10.1. The van der Waals surface area contributed by atoms with Crippen molar-refractivity contribution in [2.45, 2.75) is 25.3 Å². The molecule has 1 heterocycles. The van der Waals surface area contributed by atoms with Crippen molar-refractivity contribution < 1.29 is 19.0 Å². The second kappa shape index (κ2) is 4.85. The Kier molecular flexibility index (Phi) is 4.14. The number of hydrogen-bond donors (Lipinski definition) is 1. The van der Waals surface area contributed by atoms with Gasteiger partial charge < -0.3 is 14.2 Å². The van der Waals surface area contributed by atoms with Gasteiger partial charge in [-0.2, -0.15) is 5.01 Å². The molecule has 16 heavy (non-hydrogen) atoms. The topological polar surface area (TPSA) is 60.0 Å². The average molecular weight is 253 g/mol. The first-order valence-electron chi connectivity index (χ1n) is 4.82. The summed E-state index contributed by atoms with van der Waals surface area (Å²) in [6.45, 7) is 4.16. The summed E-state index contributed by atoms with van der Waals surface area (Å²) >= 11 is 5.34. The maximum absolute atomic E-state index is 11.0. The van der Waals surface area contributed by atoms with Gasteiger partial charge in [0.15, 0.2) is 11.4 Å². The van der Waals surface area contributed by atoms with E-state index in [1.54, 1.807) is 13.8 Å². The van der Waals surface area contributed by atoms with Crippen molar-refractivity contribution >= 4 is 17.0 Å². The highest BCUT2D eigenvalue weighted by atomic mass is 35.5. The molecular weight excluding hydrogens is 236 g/mol. The SMILES string of the molecule is COC1(C)COCC(C)(OC)N1NC(=O)Cl. The molecule has 0 aromatic heterocycles. The van der Waals surface area contributed by atoms with Crippen LogP contribution in [0.4, 0.5) is 4.79 Å². The zero-order valence-electron chi connectivity index (χ0n) is 9.87. The molecule has 0 bridgehead atoms. The maximum Gasteiger partial charge on any atom is 0.328 e. The number of amides is 1. The smallest absolute Gasteiger partial charge is 0.328 e. The molecule has 1 aliphatic heterocycles. The second-order valence-electron chi connectivity index (χ2n) is 3.97. The molecule has 0 saturated carbocycles. The summed E-state index contributed by atoms with van der Waals surface area (Å²) in [5.41, 5.74) is 0.843. The Hall–Kier alpha value is -0.400. The van der Waals surface area contributed by atoms with Crippen LogP contribution in [0.3, 0.4) is 0 Å². The van der Waals surface area contributed by atoms with E-state index in [9.17, 15) is 4.79 Å². The first-order valence-corrected chi connectivity index (χ1v) is 5.20. The van der Waals surface area contributed by atoms with Gasteiger partial charge >= 0.3 is 5.37 Å². The van der Waals surface area contributed by atoms with Crippen LogP contribution in [0.25, 0.3) is 0 Å². The number of rotatable bonds is 3. The molecule has 0 radical (unpaired) electrons. The van der Waals surface area contributed by atoms with Crippen molar-refractivity contribution in [3.8, 4) is 0 Å². The fourth-order valence-corrected chi connectivity index (χ4v) is 1.77. The third-order valence-corrected chi connectivity index (χ3v) is 2.85. The van der Waals surface area contributed by atoms with Crippen LogP contribution in [-0.4, -0.2) is 49.3 Å². The third-order valence-electron chi connectivity index (χ3n) is 2.76. The Bertz CT molecular complexity index is 260. The van der Waals surface area contributed by atoms with E-state index in [1.165, 1.54) is 19.2 Å². The maximum atomic E-state index is 11.0. The van der Waals surface area contributed by atoms with Crippen LogP contribution in [-0.2, 0) is 14.2 Å². The van der Waals surface area contributed by atoms with Crippen molar-refractivity contribution in [2.24, 2.45) is 0 Å². The fourth-order valence-electron chi connectivity index (χ4n) is 1.68. The molecule has 1 aliphatic rings. The van der Waals surface area contributed by atoms with Crippen molar-refractivity contribution in [3.63, 3.8) is 0 Å². The molecule has 1 fully saturated rings. The normalized spacial score (nSPS) is 36.1. The number of ether oxygens (including phenoxy) is 3. The van der Waals surface area contributed by atoms with Crippen LogP contribution in [0, 0.1) is 0 Å². The summed E-state index contributed by atoms with van der Waals surface area (Å²) in [4.78, 5) is 11.0. The molecule has 1 saturated heterocycles. The molecular formula is C9H17ClN2O4. The lowest BCUT2D eigenvalue weighted by molar-refractivity contribution is -0.319. The summed E-state index contributed by atoms with van der Waals surface area (Å²) in [7, 11) is 3.05. The van der Waals surface area contributed by atoms with E-state index in [2.05, 4.69) is 5.43 Å². The number of hydrogen-bond acceptors (Lipinski definition) is 5. The zero-order chi connectivity index (χ0) is 12.4. The van der Waals surface area contributed by atoms with Crippen LogP contribution < -0.4 is 5.43 Å². The van der Waals surface area contributed by atoms with Gasteiger partial charge in [-0.1, -0.05) is 0 Å². The lowest BCUT2D eigenvalue weighted by Crippen LogP contribution is -2.72. The van der Waals surface area contributed by atoms with Gasteiger partial charge in [0.1, 0.15) is 0 Å². The molecule has 0 spiro atoms. The molecule has 94 valence electrons. The van der Waals surface area contributed by atoms with E-state index in [0.717, 1.165) is 0 Å². The van der Waals surface area contributed by atoms with Crippen LogP contribution in [0.5, 0.6) is 0 Å². The Morgan fingerprint density at radius 3 is 2.06 bits per heavy atom. The average Bonchev–Trinajstić information content (AvgIpc) is 2.24. The summed E-state index contributed by atoms with van der Waals surface area (Å²) < 4.78 is 16.1. The quantitative estimate of drug-likeness (QED) is 0.598. The number of hydrazine groups is 1. The van der Waals surface area contributed by atoms with E-state index >= 15 is 0 Å². The van der Waals surface area contributed by atoms with Crippen LogP contribution in [0.2, 0.25) is 0 Å². The van der Waals surface area contributed by atoms with Crippen LogP contribution in [0.1, 0.15) is 13.8 Å². The summed E-state index contributed by atoms with van der Waals surface area (Å²) in [6, 6.07) is 0. The third kappa shape index (κ3) is 2.46. The monoisotopic (exact) mass is 252 g/mol. The van der Waals surface area contributed by atoms with Crippen LogP contribution >= 0.6 is 11.6 Å². The number of carbonyl (C=O) groups is 1. The predicted octanol–water partition coefficient (Wildman–Crippen LogP) is 0.907. The highest BCUT2D eigenvalue weighted by molar-refractivity contribution is 6.62. The highest BCUT2D eigenvalue weighted by Gasteiger charge is 2.49. The van der Waals surface area contributed by atoms with Gasteiger partial charge in [-0.15, -0.1) is 0 Å². The predicted molar refractivity (Wildman–Crippen MR) is 57.9 cm³/mol. The summed E-state index contributed by atoms with van der Waals surface area (Å²) in [6.07, 6.45) is 0. The molecule has 0 aromatic rings. The van der Waals surface area contributed by atoms with Gasteiger partial charge in [0.2, 0.25) is 0 Å². The first-order chi connectivity index (χ1) is 7.38. The number of carbonyl (C=O) groups excluding carboxylic acids is 1. The number of nitrogens with one attached hydrogen (secondary N) is 1. The fraction of sp³-hybridized carbons (Fsp3) is 0.889. The second-order valence-corrected chi connectivity index (χ2v) is 4.32. The molecule has 6 nitrogen and oxygen atoms in total. The molecule has 2 atom stereocenters. The van der Waals surface area contributed by atoms with Gasteiger partial charge in [0.25, 0.3) is 0 Å². The van der Waals surface area contributed by atoms with Gasteiger partial charge in [-0.05, 0) is 25.4 Å². The summed E-state index contributed by atoms with van der Waals surface area (Å²) in [5.74, 6) is 0. The molecule has 0 aliphatic carbocycles. The Balaban J connectivity index is 2.98. The Labute approximate surface area is 99.7 Å². The molecule has 2 unspecified atom stereocenters. The van der Waals surface area contributed by atoms with E-state index in [-0.39, 0.29) is 0 Å². The highest BCUT2D eigenvalue weighted by Crippen LogP contribution is 2.30. The molecule has 7 heteroatoms. The largest absolute Gasteiger partial charge is 0.372 e. The Morgan fingerprint density at radius 2 is 1.75 bits per heavy atom. The van der Waals surface area contributed by atoms with Gasteiger partial charge in [-0.25, -0.2) is 0 Å². The number of nitrogens with zero attached hydrogens (tertiary/aromatic N) is 1. The minimum absolute atomic E-state index is 0.305. The minimum Gasteiger partial charge on any atom is -0.372 e. The number of methoxy groups -OCH3 is 2. The van der Waals surface area contributed by atoms with Crippen molar-refractivity contribution in [2.75, 3.05) is 27.4 Å². The lowest BCUT2D eigenvalue weighted by Gasteiger charge is -2.51. The van der Waals surface area contributed by atoms with E-state index in [4.69, 9.17) is 25.8 Å². The Morgan fingerprint density at radius 1 is 1.31 bits per heavy atom.